The molecule has 0 aliphatic heterocycles. The molecular formula is C21H14F3N5O. The van der Waals surface area contributed by atoms with Crippen molar-refractivity contribution in [1.82, 2.24) is 14.5 Å². The zero-order valence-electron chi connectivity index (χ0n) is 15.4. The van der Waals surface area contributed by atoms with Gasteiger partial charge in [-0.1, -0.05) is 6.07 Å². The molecule has 0 fully saturated rings. The summed E-state index contributed by atoms with van der Waals surface area (Å²) < 4.78 is 45.6. The molecule has 4 aromatic rings. The number of ether oxygens (including phenoxy) is 1. The third kappa shape index (κ3) is 3.89. The van der Waals surface area contributed by atoms with Crippen molar-refractivity contribution >= 4 is 16.6 Å². The van der Waals surface area contributed by atoms with Crippen LogP contribution < -0.4 is 10.1 Å². The molecule has 9 heteroatoms. The number of nitrogens with one attached hydrogen (secondary N) is 1. The third-order valence-corrected chi connectivity index (χ3v) is 4.45. The van der Waals surface area contributed by atoms with E-state index in [1.54, 1.807) is 29.1 Å². The highest BCUT2D eigenvalue weighted by atomic mass is 19.3. The van der Waals surface area contributed by atoms with E-state index in [-0.39, 0.29) is 17.9 Å². The molecule has 1 N–H and O–H groups in total. The average molecular weight is 409 g/mol. The van der Waals surface area contributed by atoms with Crippen LogP contribution in [0.3, 0.4) is 0 Å². The first kappa shape index (κ1) is 19.3. The van der Waals surface area contributed by atoms with Crippen molar-refractivity contribution in [2.75, 3.05) is 5.32 Å². The summed E-state index contributed by atoms with van der Waals surface area (Å²) in [5.74, 6) is -0.479. The number of rotatable bonds is 6. The highest BCUT2D eigenvalue weighted by molar-refractivity contribution is 5.94. The zero-order valence-corrected chi connectivity index (χ0v) is 15.4. The Morgan fingerprint density at radius 1 is 1.20 bits per heavy atom. The minimum atomic E-state index is -2.97. The molecule has 150 valence electrons. The van der Waals surface area contributed by atoms with E-state index in [9.17, 15) is 18.4 Å². The number of aromatic nitrogens is 3. The van der Waals surface area contributed by atoms with Gasteiger partial charge in [-0.15, -0.1) is 0 Å². The van der Waals surface area contributed by atoms with Gasteiger partial charge in [-0.25, -0.2) is 9.37 Å². The molecule has 6 nitrogen and oxygen atoms in total. The van der Waals surface area contributed by atoms with Crippen LogP contribution in [0.25, 0.3) is 16.6 Å². The Labute approximate surface area is 169 Å². The number of hydrogen-bond acceptors (Lipinski definition) is 5. The molecule has 0 amide bonds. The summed E-state index contributed by atoms with van der Waals surface area (Å²) in [5.41, 5.74) is 2.12. The second kappa shape index (κ2) is 8.13. The second-order valence-corrected chi connectivity index (χ2v) is 6.33. The van der Waals surface area contributed by atoms with Crippen molar-refractivity contribution in [2.45, 2.75) is 13.2 Å². The molecule has 2 aromatic heterocycles. The van der Waals surface area contributed by atoms with E-state index in [2.05, 4.69) is 20.0 Å². The highest BCUT2D eigenvalue weighted by Gasteiger charge is 2.13. The van der Waals surface area contributed by atoms with Crippen LogP contribution in [0, 0.1) is 17.1 Å². The molecule has 0 atom stereocenters. The summed E-state index contributed by atoms with van der Waals surface area (Å²) in [4.78, 5) is 8.07. The lowest BCUT2D eigenvalue weighted by Crippen LogP contribution is -2.05. The van der Waals surface area contributed by atoms with Gasteiger partial charge in [0.2, 0.25) is 0 Å². The summed E-state index contributed by atoms with van der Waals surface area (Å²) in [7, 11) is 0. The van der Waals surface area contributed by atoms with E-state index in [0.29, 0.717) is 27.8 Å². The first-order valence-corrected chi connectivity index (χ1v) is 8.83. The number of benzene rings is 2. The average Bonchev–Trinajstić information content (AvgIpc) is 3.26. The van der Waals surface area contributed by atoms with Gasteiger partial charge in [-0.3, -0.25) is 4.98 Å². The Morgan fingerprint density at radius 3 is 2.77 bits per heavy atom. The van der Waals surface area contributed by atoms with E-state index in [4.69, 9.17) is 0 Å². The fourth-order valence-electron chi connectivity index (χ4n) is 3.08. The molecular weight excluding hydrogens is 395 g/mol. The minimum Gasteiger partial charge on any atom is -0.435 e. The molecule has 0 saturated heterocycles. The first-order valence-electron chi connectivity index (χ1n) is 8.83. The van der Waals surface area contributed by atoms with Crippen molar-refractivity contribution in [3.05, 3.63) is 78.3 Å². The lowest BCUT2D eigenvalue weighted by atomic mass is 10.1. The molecule has 0 saturated carbocycles. The van der Waals surface area contributed by atoms with Crippen LogP contribution in [0.4, 0.5) is 18.9 Å². The summed E-state index contributed by atoms with van der Waals surface area (Å²) in [6, 6.07) is 11.1. The SMILES string of the molecule is N#Cc1cnc2ccc(OC(F)F)cc2c1NCc1ccc(-n2ccnc2)c(F)c1. The van der Waals surface area contributed by atoms with Gasteiger partial charge in [0.25, 0.3) is 0 Å². The van der Waals surface area contributed by atoms with Crippen LogP contribution in [0.2, 0.25) is 0 Å². The van der Waals surface area contributed by atoms with Crippen molar-refractivity contribution in [3.8, 4) is 17.5 Å². The smallest absolute Gasteiger partial charge is 0.387 e. The van der Waals surface area contributed by atoms with E-state index >= 15 is 0 Å². The van der Waals surface area contributed by atoms with Crippen LogP contribution in [0.1, 0.15) is 11.1 Å². The molecule has 0 radical (unpaired) electrons. The standard InChI is InChI=1S/C21H14F3N5O/c22-17-7-13(1-4-19(17)29-6-5-26-12-29)10-28-20-14(9-25)11-27-18-3-2-15(8-16(18)20)30-21(23)24/h1-8,11-12,21H,10H2,(H,27,28). The molecule has 0 bridgehead atoms. The topological polar surface area (TPSA) is 75.8 Å². The largest absolute Gasteiger partial charge is 0.435 e. The van der Waals surface area contributed by atoms with Crippen molar-refractivity contribution < 1.29 is 17.9 Å². The second-order valence-electron chi connectivity index (χ2n) is 6.33. The molecule has 0 aliphatic rings. The predicted molar refractivity (Wildman–Crippen MR) is 104 cm³/mol. The maximum Gasteiger partial charge on any atom is 0.387 e. The van der Waals surface area contributed by atoms with Crippen molar-refractivity contribution in [3.63, 3.8) is 0 Å². The fourth-order valence-corrected chi connectivity index (χ4v) is 3.08. The number of nitriles is 1. The number of anilines is 1. The van der Waals surface area contributed by atoms with Gasteiger partial charge in [-0.05, 0) is 35.9 Å². The Morgan fingerprint density at radius 2 is 2.07 bits per heavy atom. The van der Waals surface area contributed by atoms with Crippen molar-refractivity contribution in [2.24, 2.45) is 0 Å². The monoisotopic (exact) mass is 409 g/mol. The number of alkyl halides is 2. The Hall–Kier alpha value is -4.06. The Bertz CT molecular complexity index is 1240. The molecule has 0 unspecified atom stereocenters. The van der Waals surface area contributed by atoms with Crippen LogP contribution in [0.15, 0.2) is 61.3 Å². The number of halogens is 3. The normalized spacial score (nSPS) is 10.9. The number of imidazole rings is 1. The molecule has 4 rings (SSSR count). The van der Waals surface area contributed by atoms with Gasteiger partial charge in [0.15, 0.2) is 0 Å². The van der Waals surface area contributed by atoms with Crippen LogP contribution in [-0.2, 0) is 6.54 Å². The molecule has 2 aromatic carbocycles. The lowest BCUT2D eigenvalue weighted by molar-refractivity contribution is -0.0497. The van der Waals surface area contributed by atoms with Crippen LogP contribution in [0.5, 0.6) is 5.75 Å². The zero-order chi connectivity index (χ0) is 21.1. The summed E-state index contributed by atoms with van der Waals surface area (Å²) in [5, 5.41) is 13.0. The number of pyridine rings is 1. The summed E-state index contributed by atoms with van der Waals surface area (Å²) in [6.07, 6.45) is 6.08. The van der Waals surface area contributed by atoms with Gasteiger partial charge in [0.1, 0.15) is 17.6 Å². The summed E-state index contributed by atoms with van der Waals surface area (Å²) in [6.45, 7) is -2.77. The van der Waals surface area contributed by atoms with E-state index in [0.717, 1.165) is 0 Å². The van der Waals surface area contributed by atoms with E-state index in [1.807, 2.05) is 6.07 Å². The van der Waals surface area contributed by atoms with Gasteiger partial charge < -0.3 is 14.6 Å². The van der Waals surface area contributed by atoms with Crippen LogP contribution >= 0.6 is 0 Å². The van der Waals surface area contributed by atoms with Gasteiger partial charge in [0, 0.05) is 30.5 Å². The molecule has 0 spiro atoms. The lowest BCUT2D eigenvalue weighted by Gasteiger charge is -2.13. The predicted octanol–water partition coefficient (Wildman–Crippen LogP) is 4.64. The number of nitrogens with zero attached hydrogens (tertiary/aromatic N) is 4. The van der Waals surface area contributed by atoms with E-state index in [1.165, 1.54) is 36.8 Å². The van der Waals surface area contributed by atoms with Crippen LogP contribution in [-0.4, -0.2) is 21.1 Å². The van der Waals surface area contributed by atoms with Gasteiger partial charge in [0.05, 0.1) is 28.8 Å². The quantitative estimate of drug-likeness (QED) is 0.502. The highest BCUT2D eigenvalue weighted by Crippen LogP contribution is 2.30. The molecule has 2 heterocycles. The maximum absolute atomic E-state index is 14.5. The third-order valence-electron chi connectivity index (χ3n) is 4.45. The number of fused-ring (bicyclic) bond motifs is 1. The van der Waals surface area contributed by atoms with Gasteiger partial charge in [-0.2, -0.15) is 14.0 Å². The Kier molecular flexibility index (Phi) is 5.22. The Balaban J connectivity index is 1.64. The number of hydrogen-bond donors (Lipinski definition) is 1. The van der Waals surface area contributed by atoms with Gasteiger partial charge >= 0.3 is 6.61 Å². The maximum atomic E-state index is 14.5. The minimum absolute atomic E-state index is 0.0480. The first-order chi connectivity index (χ1) is 14.5. The summed E-state index contributed by atoms with van der Waals surface area (Å²) >= 11 is 0. The van der Waals surface area contributed by atoms with E-state index < -0.39 is 12.4 Å². The molecule has 0 aliphatic carbocycles. The molecule has 30 heavy (non-hydrogen) atoms. The fraction of sp³-hybridized carbons (Fsp3) is 0.0952. The van der Waals surface area contributed by atoms with Crippen molar-refractivity contribution in [1.29, 1.82) is 5.26 Å².